The maximum absolute atomic E-state index is 5.86. The molecule has 1 aromatic rings. The van der Waals surface area contributed by atoms with Crippen molar-refractivity contribution < 1.29 is 0 Å². The molecule has 4 N–H and O–H groups in total. The first-order chi connectivity index (χ1) is 7.29. The van der Waals surface area contributed by atoms with Gasteiger partial charge in [0.1, 0.15) is 0 Å². The second kappa shape index (κ2) is 6.64. The van der Waals surface area contributed by atoms with Crippen molar-refractivity contribution in [2.45, 2.75) is 0 Å². The zero-order valence-corrected chi connectivity index (χ0v) is 9.91. The molecule has 0 radical (unpaired) electrons. The number of nitrogen functional groups attached to an aromatic ring is 1. The number of anilines is 3. The highest BCUT2D eigenvalue weighted by Crippen LogP contribution is 2.27. The number of nitrogens with one attached hydrogen (secondary N) is 2. The first-order valence-electron chi connectivity index (χ1n) is 4.77. The largest absolute Gasteiger partial charge is 0.397 e. The Morgan fingerprint density at radius 1 is 1.07 bits per heavy atom. The van der Waals surface area contributed by atoms with Crippen molar-refractivity contribution in [3.8, 4) is 0 Å². The van der Waals surface area contributed by atoms with Gasteiger partial charge in [0.25, 0.3) is 0 Å². The highest BCUT2D eigenvalue weighted by molar-refractivity contribution is 6.18. The fourth-order valence-electron chi connectivity index (χ4n) is 1.27. The number of hydrogen-bond acceptors (Lipinski definition) is 3. The minimum atomic E-state index is 0.545. The van der Waals surface area contributed by atoms with Gasteiger partial charge in [-0.15, -0.1) is 23.2 Å². The Kier molecular flexibility index (Phi) is 5.43. The smallest absolute Gasteiger partial charge is 0.0809 e. The Morgan fingerprint density at radius 2 is 1.73 bits per heavy atom. The maximum Gasteiger partial charge on any atom is 0.0809 e. The van der Waals surface area contributed by atoms with E-state index in [9.17, 15) is 0 Å². The monoisotopic (exact) mass is 247 g/mol. The van der Waals surface area contributed by atoms with Crippen LogP contribution in [-0.4, -0.2) is 24.8 Å². The second-order valence-corrected chi connectivity index (χ2v) is 3.76. The molecule has 84 valence electrons. The quantitative estimate of drug-likeness (QED) is 0.535. The van der Waals surface area contributed by atoms with Gasteiger partial charge in [0.05, 0.1) is 17.1 Å². The van der Waals surface area contributed by atoms with Crippen molar-refractivity contribution in [2.75, 3.05) is 41.2 Å². The van der Waals surface area contributed by atoms with Crippen LogP contribution in [0.25, 0.3) is 0 Å². The molecule has 0 atom stereocenters. The third-order valence-corrected chi connectivity index (χ3v) is 2.28. The van der Waals surface area contributed by atoms with E-state index in [1.165, 1.54) is 0 Å². The van der Waals surface area contributed by atoms with Gasteiger partial charge >= 0.3 is 0 Å². The zero-order valence-electron chi connectivity index (χ0n) is 8.39. The molecule has 0 saturated carbocycles. The molecular formula is C10H15Cl2N3. The molecule has 0 saturated heterocycles. The minimum absolute atomic E-state index is 0.545. The molecular weight excluding hydrogens is 233 g/mol. The Morgan fingerprint density at radius 3 is 2.40 bits per heavy atom. The lowest BCUT2D eigenvalue weighted by Crippen LogP contribution is -2.10. The van der Waals surface area contributed by atoms with Crippen molar-refractivity contribution in [1.82, 2.24) is 0 Å². The van der Waals surface area contributed by atoms with Crippen molar-refractivity contribution in [3.05, 3.63) is 18.2 Å². The lowest BCUT2D eigenvalue weighted by atomic mass is 10.2. The molecule has 5 heteroatoms. The Bertz CT molecular complexity index is 305. The van der Waals surface area contributed by atoms with Crippen LogP contribution in [0.15, 0.2) is 18.2 Å². The van der Waals surface area contributed by atoms with Crippen molar-refractivity contribution >= 4 is 40.3 Å². The summed E-state index contributed by atoms with van der Waals surface area (Å²) in [5.41, 5.74) is 8.41. The topological polar surface area (TPSA) is 50.1 Å². The normalized spacial score (nSPS) is 10.0. The number of benzene rings is 1. The predicted octanol–water partition coefficient (Wildman–Crippen LogP) is 2.57. The Balaban J connectivity index is 2.77. The molecule has 15 heavy (non-hydrogen) atoms. The van der Waals surface area contributed by atoms with Crippen LogP contribution in [-0.2, 0) is 0 Å². The summed E-state index contributed by atoms with van der Waals surface area (Å²) in [6, 6.07) is 5.71. The summed E-state index contributed by atoms with van der Waals surface area (Å²) in [5, 5.41) is 6.37. The Hall–Kier alpha value is -0.800. The molecule has 0 amide bonds. The summed E-state index contributed by atoms with van der Waals surface area (Å²) in [7, 11) is 0. The molecule has 0 aliphatic heterocycles. The molecule has 0 unspecified atom stereocenters. The molecule has 0 spiro atoms. The molecule has 0 bridgehead atoms. The van der Waals surface area contributed by atoms with E-state index in [4.69, 9.17) is 28.9 Å². The zero-order chi connectivity index (χ0) is 11.1. The van der Waals surface area contributed by atoms with Gasteiger partial charge in [0.2, 0.25) is 0 Å². The molecule has 1 rings (SSSR count). The van der Waals surface area contributed by atoms with Crippen molar-refractivity contribution in [1.29, 1.82) is 0 Å². The van der Waals surface area contributed by atoms with Crippen LogP contribution in [0, 0.1) is 0 Å². The van der Waals surface area contributed by atoms with Gasteiger partial charge in [-0.25, -0.2) is 0 Å². The number of rotatable bonds is 6. The molecule has 0 heterocycles. The van der Waals surface area contributed by atoms with Gasteiger partial charge in [-0.3, -0.25) is 0 Å². The van der Waals surface area contributed by atoms with E-state index in [0.29, 0.717) is 30.5 Å². The van der Waals surface area contributed by atoms with Crippen LogP contribution < -0.4 is 16.4 Å². The summed E-state index contributed by atoms with van der Waals surface area (Å²) < 4.78 is 0. The molecule has 0 aliphatic carbocycles. The number of alkyl halides is 2. The second-order valence-electron chi connectivity index (χ2n) is 3.00. The van der Waals surface area contributed by atoms with Gasteiger partial charge in [-0.05, 0) is 12.1 Å². The summed E-state index contributed by atoms with van der Waals surface area (Å²) in [4.78, 5) is 0. The summed E-state index contributed by atoms with van der Waals surface area (Å²) in [6.07, 6.45) is 0. The van der Waals surface area contributed by atoms with Crippen LogP contribution in [0.4, 0.5) is 17.1 Å². The van der Waals surface area contributed by atoms with Gasteiger partial charge < -0.3 is 16.4 Å². The standard InChI is InChI=1S/C10H15Cl2N3/c11-4-6-14-9-3-1-2-8(13)10(9)15-7-5-12/h1-3,14-15H,4-7,13H2. The number of halogens is 2. The lowest BCUT2D eigenvalue weighted by molar-refractivity contribution is 1.19. The van der Waals surface area contributed by atoms with Crippen molar-refractivity contribution in [3.63, 3.8) is 0 Å². The number of nitrogens with two attached hydrogens (primary N) is 1. The molecule has 1 aromatic carbocycles. The van der Waals surface area contributed by atoms with E-state index in [2.05, 4.69) is 10.6 Å². The fraction of sp³-hybridized carbons (Fsp3) is 0.400. The van der Waals surface area contributed by atoms with Gasteiger partial charge in [-0.1, -0.05) is 6.07 Å². The van der Waals surface area contributed by atoms with Crippen LogP contribution in [0.2, 0.25) is 0 Å². The van der Waals surface area contributed by atoms with E-state index >= 15 is 0 Å². The lowest BCUT2D eigenvalue weighted by Gasteiger charge is -2.14. The van der Waals surface area contributed by atoms with Gasteiger partial charge in [0, 0.05) is 24.8 Å². The highest BCUT2D eigenvalue weighted by Gasteiger charge is 2.04. The summed E-state index contributed by atoms with van der Waals surface area (Å²) in [5.74, 6) is 1.10. The van der Waals surface area contributed by atoms with Crippen LogP contribution in [0.3, 0.4) is 0 Å². The molecule has 0 fully saturated rings. The molecule has 0 aromatic heterocycles. The predicted molar refractivity (Wildman–Crippen MR) is 69.3 cm³/mol. The molecule has 0 aliphatic rings. The Labute approximate surface area is 99.9 Å². The first-order valence-corrected chi connectivity index (χ1v) is 5.84. The van der Waals surface area contributed by atoms with E-state index < -0.39 is 0 Å². The maximum atomic E-state index is 5.86. The third-order valence-electron chi connectivity index (χ3n) is 1.90. The highest BCUT2D eigenvalue weighted by atomic mass is 35.5. The fourth-order valence-corrected chi connectivity index (χ4v) is 1.46. The van der Waals surface area contributed by atoms with Gasteiger partial charge in [-0.2, -0.15) is 0 Å². The van der Waals surface area contributed by atoms with E-state index in [1.54, 1.807) is 0 Å². The third kappa shape index (κ3) is 3.68. The SMILES string of the molecule is Nc1cccc(NCCCl)c1NCCCl. The van der Waals surface area contributed by atoms with Crippen LogP contribution in [0.1, 0.15) is 0 Å². The van der Waals surface area contributed by atoms with E-state index in [-0.39, 0.29) is 0 Å². The first kappa shape index (κ1) is 12.3. The summed E-state index contributed by atoms with van der Waals surface area (Å²) >= 11 is 11.2. The van der Waals surface area contributed by atoms with Gasteiger partial charge in [0.15, 0.2) is 0 Å². The van der Waals surface area contributed by atoms with E-state index in [0.717, 1.165) is 11.4 Å². The van der Waals surface area contributed by atoms with Crippen molar-refractivity contribution in [2.24, 2.45) is 0 Å². The average molecular weight is 248 g/mol. The minimum Gasteiger partial charge on any atom is -0.397 e. The van der Waals surface area contributed by atoms with Crippen LogP contribution >= 0.6 is 23.2 Å². The van der Waals surface area contributed by atoms with Crippen LogP contribution in [0.5, 0.6) is 0 Å². The number of hydrogen-bond donors (Lipinski definition) is 3. The summed E-state index contributed by atoms with van der Waals surface area (Å²) in [6.45, 7) is 1.39. The molecule has 3 nitrogen and oxygen atoms in total. The average Bonchev–Trinajstić information content (AvgIpc) is 2.25. The number of para-hydroxylation sites is 1. The van der Waals surface area contributed by atoms with E-state index in [1.807, 2.05) is 18.2 Å².